The molecular formula is C9H15NO3. The van der Waals surface area contributed by atoms with Crippen LogP contribution in [-0.2, 0) is 14.3 Å². The van der Waals surface area contributed by atoms with Crippen molar-refractivity contribution in [2.75, 3.05) is 26.3 Å². The first-order chi connectivity index (χ1) is 6.13. The Labute approximate surface area is 77.8 Å². The second-order valence-electron chi connectivity index (χ2n) is 3.27. The summed E-state index contributed by atoms with van der Waals surface area (Å²) in [6.45, 7) is 5.48. The molecule has 1 saturated heterocycles. The van der Waals surface area contributed by atoms with Crippen LogP contribution >= 0.6 is 0 Å². The molecule has 1 heterocycles. The van der Waals surface area contributed by atoms with Gasteiger partial charge in [0.05, 0.1) is 13.2 Å². The monoisotopic (exact) mass is 185 g/mol. The molecule has 1 rings (SSSR count). The van der Waals surface area contributed by atoms with E-state index in [0.717, 1.165) is 0 Å². The van der Waals surface area contributed by atoms with Crippen LogP contribution in [0.3, 0.4) is 0 Å². The summed E-state index contributed by atoms with van der Waals surface area (Å²) < 4.78 is 5.15. The first-order valence-corrected chi connectivity index (χ1v) is 4.45. The molecule has 1 aliphatic rings. The fraction of sp³-hybridized carbons (Fsp3) is 0.778. The Morgan fingerprint density at radius 2 is 1.62 bits per heavy atom. The minimum Gasteiger partial charge on any atom is -0.379 e. The Bertz CT molecular complexity index is 195. The fourth-order valence-electron chi connectivity index (χ4n) is 1.64. The Morgan fingerprint density at radius 3 is 2.00 bits per heavy atom. The number of hydrogen-bond donors (Lipinski definition) is 0. The predicted octanol–water partition coefficient (Wildman–Crippen LogP) is -0.135. The van der Waals surface area contributed by atoms with Crippen molar-refractivity contribution in [3.8, 4) is 0 Å². The van der Waals surface area contributed by atoms with Crippen LogP contribution in [0, 0.1) is 0 Å². The number of ether oxygens (including phenoxy) is 1. The van der Waals surface area contributed by atoms with Gasteiger partial charge in [0.25, 0.3) is 0 Å². The van der Waals surface area contributed by atoms with Crippen LogP contribution in [0.2, 0.25) is 0 Å². The maximum absolute atomic E-state index is 11.2. The standard InChI is InChI=1S/C9H15NO3/c1-7(11)9(8(2)12)10-3-5-13-6-4-10/h9H,3-6H2,1-2H3. The molecule has 0 N–H and O–H groups in total. The first-order valence-electron chi connectivity index (χ1n) is 4.45. The van der Waals surface area contributed by atoms with Gasteiger partial charge in [0, 0.05) is 13.1 Å². The number of Topliss-reactive ketones (excluding diaryl/α,β-unsaturated/α-hetero) is 2. The predicted molar refractivity (Wildman–Crippen MR) is 47.5 cm³/mol. The van der Waals surface area contributed by atoms with Crippen molar-refractivity contribution >= 4 is 11.6 Å². The van der Waals surface area contributed by atoms with E-state index in [1.807, 2.05) is 4.90 Å². The molecule has 0 aromatic heterocycles. The number of hydrogen-bond acceptors (Lipinski definition) is 4. The van der Waals surface area contributed by atoms with Crippen LogP contribution < -0.4 is 0 Å². The quantitative estimate of drug-likeness (QED) is 0.574. The van der Waals surface area contributed by atoms with Gasteiger partial charge in [-0.3, -0.25) is 14.5 Å². The van der Waals surface area contributed by atoms with Gasteiger partial charge in [-0.15, -0.1) is 0 Å². The lowest BCUT2D eigenvalue weighted by atomic mass is 10.1. The lowest BCUT2D eigenvalue weighted by Gasteiger charge is -2.31. The molecule has 0 radical (unpaired) electrons. The van der Waals surface area contributed by atoms with Gasteiger partial charge in [0.1, 0.15) is 6.04 Å². The fourth-order valence-corrected chi connectivity index (χ4v) is 1.64. The zero-order valence-corrected chi connectivity index (χ0v) is 8.08. The summed E-state index contributed by atoms with van der Waals surface area (Å²) in [5.41, 5.74) is 0. The van der Waals surface area contributed by atoms with E-state index in [2.05, 4.69) is 0 Å². The summed E-state index contributed by atoms with van der Waals surface area (Å²) >= 11 is 0. The zero-order valence-electron chi connectivity index (χ0n) is 8.08. The van der Waals surface area contributed by atoms with E-state index < -0.39 is 6.04 Å². The molecule has 13 heavy (non-hydrogen) atoms. The van der Waals surface area contributed by atoms with Crippen molar-refractivity contribution in [1.82, 2.24) is 4.90 Å². The second-order valence-corrected chi connectivity index (χ2v) is 3.27. The number of rotatable bonds is 3. The topological polar surface area (TPSA) is 46.6 Å². The van der Waals surface area contributed by atoms with Crippen LogP contribution in [0.5, 0.6) is 0 Å². The Hall–Kier alpha value is -0.740. The van der Waals surface area contributed by atoms with Crippen LogP contribution in [0.15, 0.2) is 0 Å². The highest BCUT2D eigenvalue weighted by atomic mass is 16.5. The van der Waals surface area contributed by atoms with E-state index in [0.29, 0.717) is 26.3 Å². The zero-order chi connectivity index (χ0) is 9.84. The van der Waals surface area contributed by atoms with E-state index in [1.54, 1.807) is 0 Å². The minimum absolute atomic E-state index is 0.0746. The van der Waals surface area contributed by atoms with E-state index in [1.165, 1.54) is 13.8 Å². The molecule has 0 unspecified atom stereocenters. The highest BCUT2D eigenvalue weighted by Crippen LogP contribution is 2.05. The van der Waals surface area contributed by atoms with Gasteiger partial charge < -0.3 is 4.74 Å². The number of ketones is 2. The normalized spacial score (nSPS) is 19.0. The third kappa shape index (κ3) is 2.60. The van der Waals surface area contributed by atoms with Crippen LogP contribution in [-0.4, -0.2) is 48.8 Å². The average Bonchev–Trinajstić information content (AvgIpc) is 2.04. The molecule has 0 saturated carbocycles. The Kier molecular flexibility index (Phi) is 3.57. The largest absolute Gasteiger partial charge is 0.379 e. The molecule has 0 bridgehead atoms. The number of carbonyl (C=O) groups is 2. The van der Waals surface area contributed by atoms with Gasteiger partial charge in [0.15, 0.2) is 11.6 Å². The minimum atomic E-state index is -0.552. The molecule has 0 aromatic carbocycles. The van der Waals surface area contributed by atoms with Crippen molar-refractivity contribution in [3.63, 3.8) is 0 Å². The molecule has 0 aliphatic carbocycles. The highest BCUT2D eigenvalue weighted by molar-refractivity contribution is 6.04. The summed E-state index contributed by atoms with van der Waals surface area (Å²) in [5.74, 6) is -0.149. The van der Waals surface area contributed by atoms with Crippen LogP contribution in [0.1, 0.15) is 13.8 Å². The van der Waals surface area contributed by atoms with Crippen molar-refractivity contribution < 1.29 is 14.3 Å². The highest BCUT2D eigenvalue weighted by Gasteiger charge is 2.28. The van der Waals surface area contributed by atoms with Gasteiger partial charge in [0.2, 0.25) is 0 Å². The van der Waals surface area contributed by atoms with Gasteiger partial charge in [-0.2, -0.15) is 0 Å². The van der Waals surface area contributed by atoms with Crippen molar-refractivity contribution in [2.24, 2.45) is 0 Å². The first kappa shape index (κ1) is 10.3. The van der Waals surface area contributed by atoms with E-state index >= 15 is 0 Å². The lowest BCUT2D eigenvalue weighted by Crippen LogP contribution is -2.50. The van der Waals surface area contributed by atoms with Crippen LogP contribution in [0.4, 0.5) is 0 Å². The summed E-state index contributed by atoms with van der Waals surface area (Å²) in [5, 5.41) is 0. The third-order valence-electron chi connectivity index (χ3n) is 2.18. The molecule has 1 fully saturated rings. The second kappa shape index (κ2) is 4.48. The molecular weight excluding hydrogens is 170 g/mol. The van der Waals surface area contributed by atoms with Gasteiger partial charge in [-0.05, 0) is 13.8 Å². The van der Waals surface area contributed by atoms with E-state index in [9.17, 15) is 9.59 Å². The molecule has 1 aliphatic heterocycles. The molecule has 4 heteroatoms. The van der Waals surface area contributed by atoms with E-state index in [-0.39, 0.29) is 11.6 Å². The molecule has 0 aromatic rings. The smallest absolute Gasteiger partial charge is 0.154 e. The summed E-state index contributed by atoms with van der Waals surface area (Å²) in [7, 11) is 0. The van der Waals surface area contributed by atoms with Crippen molar-refractivity contribution in [3.05, 3.63) is 0 Å². The van der Waals surface area contributed by atoms with Crippen molar-refractivity contribution in [2.45, 2.75) is 19.9 Å². The molecule has 0 spiro atoms. The SMILES string of the molecule is CC(=O)C(C(C)=O)N1CCOCC1. The maximum Gasteiger partial charge on any atom is 0.154 e. The Balaban J connectivity index is 2.62. The molecule has 0 atom stereocenters. The van der Waals surface area contributed by atoms with Gasteiger partial charge >= 0.3 is 0 Å². The molecule has 74 valence electrons. The van der Waals surface area contributed by atoms with E-state index in [4.69, 9.17) is 4.74 Å². The number of carbonyl (C=O) groups excluding carboxylic acids is 2. The van der Waals surface area contributed by atoms with Gasteiger partial charge in [-0.25, -0.2) is 0 Å². The number of nitrogens with zero attached hydrogens (tertiary/aromatic N) is 1. The number of morpholine rings is 1. The Morgan fingerprint density at radius 1 is 1.15 bits per heavy atom. The summed E-state index contributed by atoms with van der Waals surface area (Å²) in [6, 6.07) is -0.552. The third-order valence-corrected chi connectivity index (χ3v) is 2.18. The maximum atomic E-state index is 11.2. The molecule has 0 amide bonds. The summed E-state index contributed by atoms with van der Waals surface area (Å²) in [4.78, 5) is 24.2. The average molecular weight is 185 g/mol. The van der Waals surface area contributed by atoms with Gasteiger partial charge in [-0.1, -0.05) is 0 Å². The van der Waals surface area contributed by atoms with Crippen molar-refractivity contribution in [1.29, 1.82) is 0 Å². The summed E-state index contributed by atoms with van der Waals surface area (Å²) in [6.07, 6.45) is 0. The van der Waals surface area contributed by atoms with Crippen LogP contribution in [0.25, 0.3) is 0 Å². The lowest BCUT2D eigenvalue weighted by molar-refractivity contribution is -0.134. The molecule has 4 nitrogen and oxygen atoms in total.